The summed E-state index contributed by atoms with van der Waals surface area (Å²) in [4.78, 5) is 6.62. The fourth-order valence-electron chi connectivity index (χ4n) is 3.86. The van der Waals surface area contributed by atoms with Crippen LogP contribution in [-0.2, 0) is 16.6 Å². The van der Waals surface area contributed by atoms with Crippen LogP contribution in [0.25, 0.3) is 11.3 Å². The Kier molecular flexibility index (Phi) is 5.17. The van der Waals surface area contributed by atoms with E-state index < -0.39 is 10.0 Å². The van der Waals surface area contributed by atoms with E-state index in [-0.39, 0.29) is 11.7 Å². The number of benzene rings is 2. The van der Waals surface area contributed by atoms with Gasteiger partial charge < -0.3 is 13.9 Å². The molecule has 162 valence electrons. The minimum absolute atomic E-state index is 0.258. The molecule has 0 atom stereocenters. The molecule has 1 saturated heterocycles. The molecule has 3 aromatic rings. The molecule has 1 fully saturated rings. The van der Waals surface area contributed by atoms with E-state index in [0.717, 1.165) is 29.2 Å². The van der Waals surface area contributed by atoms with Crippen LogP contribution >= 0.6 is 0 Å². The first-order valence-corrected chi connectivity index (χ1v) is 11.6. The smallest absolute Gasteiger partial charge is 0.243 e. The topological polar surface area (TPSA) is 85.1 Å². The number of hydrogen-bond donors (Lipinski definition) is 0. The SMILES string of the molecule is Cc1ncc(-c2ccc(S(=O)(=O)N3CCN(Cc4ccc5c(c4)OCO5)CC3)cc2)o1. The van der Waals surface area contributed by atoms with Gasteiger partial charge in [0, 0.05) is 45.2 Å². The van der Waals surface area contributed by atoms with Gasteiger partial charge in [-0.25, -0.2) is 13.4 Å². The average Bonchev–Trinajstić information content (AvgIpc) is 3.43. The first-order valence-electron chi connectivity index (χ1n) is 10.1. The van der Waals surface area contributed by atoms with Gasteiger partial charge in [-0.15, -0.1) is 0 Å². The third kappa shape index (κ3) is 4.04. The van der Waals surface area contributed by atoms with Gasteiger partial charge in [0.05, 0.1) is 11.1 Å². The minimum atomic E-state index is -3.54. The van der Waals surface area contributed by atoms with Crippen LogP contribution in [0.4, 0.5) is 0 Å². The van der Waals surface area contributed by atoms with Crippen LogP contribution in [0.3, 0.4) is 0 Å². The third-order valence-electron chi connectivity index (χ3n) is 5.57. The Hall–Kier alpha value is -2.88. The second-order valence-electron chi connectivity index (χ2n) is 7.64. The van der Waals surface area contributed by atoms with E-state index in [2.05, 4.69) is 9.88 Å². The molecular formula is C22H23N3O5S. The van der Waals surface area contributed by atoms with Gasteiger partial charge in [0.25, 0.3) is 0 Å². The van der Waals surface area contributed by atoms with Crippen molar-refractivity contribution in [2.45, 2.75) is 18.4 Å². The number of aryl methyl sites for hydroxylation is 1. The van der Waals surface area contributed by atoms with Crippen molar-refractivity contribution in [3.8, 4) is 22.8 Å². The van der Waals surface area contributed by atoms with Gasteiger partial charge >= 0.3 is 0 Å². The van der Waals surface area contributed by atoms with Crippen LogP contribution in [0, 0.1) is 6.92 Å². The van der Waals surface area contributed by atoms with Crippen LogP contribution in [0.1, 0.15) is 11.5 Å². The maximum Gasteiger partial charge on any atom is 0.243 e. The first kappa shape index (κ1) is 20.0. The third-order valence-corrected chi connectivity index (χ3v) is 7.49. The van der Waals surface area contributed by atoms with Crippen molar-refractivity contribution in [2.24, 2.45) is 0 Å². The van der Waals surface area contributed by atoms with Gasteiger partial charge in [-0.3, -0.25) is 4.90 Å². The Morgan fingerprint density at radius 3 is 2.42 bits per heavy atom. The van der Waals surface area contributed by atoms with Gasteiger partial charge in [0.2, 0.25) is 16.8 Å². The molecule has 1 aromatic heterocycles. The molecule has 0 unspecified atom stereocenters. The summed E-state index contributed by atoms with van der Waals surface area (Å²) in [6.07, 6.45) is 1.64. The molecule has 9 heteroatoms. The quantitative estimate of drug-likeness (QED) is 0.602. The number of aromatic nitrogens is 1. The number of nitrogens with zero attached hydrogens (tertiary/aromatic N) is 3. The van der Waals surface area contributed by atoms with Crippen LogP contribution in [0.5, 0.6) is 11.5 Å². The van der Waals surface area contributed by atoms with E-state index >= 15 is 0 Å². The van der Waals surface area contributed by atoms with Crippen LogP contribution in [-0.4, -0.2) is 55.6 Å². The summed E-state index contributed by atoms with van der Waals surface area (Å²) in [6, 6.07) is 12.7. The first-order chi connectivity index (χ1) is 15.0. The lowest BCUT2D eigenvalue weighted by atomic mass is 10.2. The second-order valence-corrected chi connectivity index (χ2v) is 9.57. The zero-order valence-electron chi connectivity index (χ0n) is 17.2. The average molecular weight is 442 g/mol. The number of fused-ring (bicyclic) bond motifs is 1. The molecule has 5 rings (SSSR count). The van der Waals surface area contributed by atoms with Crippen molar-refractivity contribution >= 4 is 10.0 Å². The standard InChI is InChI=1S/C22H23N3O5S/c1-16-23-13-22(30-16)18-3-5-19(6-4-18)31(26,27)25-10-8-24(9-11-25)14-17-2-7-20-21(12-17)29-15-28-20/h2-7,12-13H,8-11,14-15H2,1H3. The minimum Gasteiger partial charge on any atom is -0.454 e. The molecule has 3 heterocycles. The number of rotatable bonds is 5. The largest absolute Gasteiger partial charge is 0.454 e. The molecule has 31 heavy (non-hydrogen) atoms. The van der Waals surface area contributed by atoms with Crippen molar-refractivity contribution in [2.75, 3.05) is 33.0 Å². The zero-order valence-corrected chi connectivity index (χ0v) is 18.0. The van der Waals surface area contributed by atoms with Crippen LogP contribution in [0.15, 0.2) is 58.0 Å². The lowest BCUT2D eigenvalue weighted by Crippen LogP contribution is -2.48. The molecule has 0 saturated carbocycles. The molecule has 2 aliphatic heterocycles. The molecule has 0 aliphatic carbocycles. The molecule has 0 spiro atoms. The fraction of sp³-hybridized carbons (Fsp3) is 0.318. The van der Waals surface area contributed by atoms with E-state index in [0.29, 0.717) is 37.8 Å². The molecule has 0 amide bonds. The van der Waals surface area contributed by atoms with Crippen molar-refractivity contribution < 1.29 is 22.3 Å². The summed E-state index contributed by atoms with van der Waals surface area (Å²) < 4.78 is 44.0. The predicted octanol–water partition coefficient (Wildman–Crippen LogP) is 2.89. The Morgan fingerprint density at radius 2 is 1.71 bits per heavy atom. The lowest BCUT2D eigenvalue weighted by Gasteiger charge is -2.34. The van der Waals surface area contributed by atoms with Crippen molar-refractivity contribution in [3.05, 3.63) is 60.1 Å². The summed E-state index contributed by atoms with van der Waals surface area (Å²) >= 11 is 0. The van der Waals surface area contributed by atoms with E-state index in [1.54, 1.807) is 41.7 Å². The zero-order chi connectivity index (χ0) is 21.4. The summed E-state index contributed by atoms with van der Waals surface area (Å²) in [5, 5.41) is 0. The van der Waals surface area contributed by atoms with Crippen LogP contribution in [0.2, 0.25) is 0 Å². The van der Waals surface area contributed by atoms with Gasteiger partial charge in [-0.2, -0.15) is 4.31 Å². The highest BCUT2D eigenvalue weighted by atomic mass is 32.2. The van der Waals surface area contributed by atoms with Crippen LogP contribution < -0.4 is 9.47 Å². The summed E-state index contributed by atoms with van der Waals surface area (Å²) in [7, 11) is -3.54. The van der Waals surface area contributed by atoms with Crippen molar-refractivity contribution in [3.63, 3.8) is 0 Å². The van der Waals surface area contributed by atoms with E-state index in [9.17, 15) is 8.42 Å². The molecule has 0 radical (unpaired) electrons. The Labute approximate surface area is 181 Å². The second kappa shape index (κ2) is 7.99. The highest BCUT2D eigenvalue weighted by Crippen LogP contribution is 2.33. The monoisotopic (exact) mass is 441 g/mol. The normalized spacial score (nSPS) is 17.2. The highest BCUT2D eigenvalue weighted by molar-refractivity contribution is 7.89. The van der Waals surface area contributed by atoms with Gasteiger partial charge in [0.1, 0.15) is 0 Å². The van der Waals surface area contributed by atoms with Gasteiger partial charge in [-0.1, -0.05) is 6.07 Å². The maximum atomic E-state index is 13.1. The number of sulfonamides is 1. The van der Waals surface area contributed by atoms with Gasteiger partial charge in [-0.05, 0) is 42.0 Å². The summed E-state index contributed by atoms with van der Waals surface area (Å²) in [5.74, 6) is 2.73. The molecule has 2 aliphatic rings. The Bertz CT molecular complexity index is 1180. The van der Waals surface area contributed by atoms with Crippen molar-refractivity contribution in [1.29, 1.82) is 0 Å². The Balaban J connectivity index is 1.22. The number of ether oxygens (including phenoxy) is 2. The maximum absolute atomic E-state index is 13.1. The fourth-order valence-corrected chi connectivity index (χ4v) is 5.28. The van der Waals surface area contributed by atoms with E-state index in [1.807, 2.05) is 18.2 Å². The predicted molar refractivity (Wildman–Crippen MR) is 113 cm³/mol. The van der Waals surface area contributed by atoms with Gasteiger partial charge in [0.15, 0.2) is 23.1 Å². The van der Waals surface area contributed by atoms with E-state index in [4.69, 9.17) is 13.9 Å². The molecular weight excluding hydrogens is 418 g/mol. The molecule has 2 aromatic carbocycles. The lowest BCUT2D eigenvalue weighted by molar-refractivity contribution is 0.173. The number of oxazole rings is 1. The van der Waals surface area contributed by atoms with E-state index in [1.165, 1.54) is 0 Å². The number of hydrogen-bond acceptors (Lipinski definition) is 7. The molecule has 0 bridgehead atoms. The highest BCUT2D eigenvalue weighted by Gasteiger charge is 2.28. The number of piperazine rings is 1. The molecule has 0 N–H and O–H groups in total. The summed E-state index contributed by atoms with van der Waals surface area (Å²) in [6.45, 7) is 5.02. The van der Waals surface area contributed by atoms with Crippen molar-refractivity contribution in [1.82, 2.24) is 14.2 Å². The Morgan fingerprint density at radius 1 is 0.968 bits per heavy atom. The summed E-state index contributed by atoms with van der Waals surface area (Å²) in [5.41, 5.74) is 1.92. The molecule has 8 nitrogen and oxygen atoms in total.